The van der Waals surface area contributed by atoms with Crippen LogP contribution in [0.2, 0.25) is 5.02 Å². The van der Waals surface area contributed by atoms with E-state index in [1.54, 1.807) is 24.3 Å². The van der Waals surface area contributed by atoms with Crippen molar-refractivity contribution in [2.24, 2.45) is 5.73 Å². The Bertz CT molecular complexity index is 1010. The average molecular weight is 442 g/mol. The van der Waals surface area contributed by atoms with Crippen molar-refractivity contribution in [1.82, 2.24) is 9.21 Å². The molecule has 3 rings (SSSR count). The van der Waals surface area contributed by atoms with Gasteiger partial charge in [-0.25, -0.2) is 13.2 Å². The number of benzene rings is 1. The number of sulfonamides is 1. The number of hydrogen-bond acceptors (Lipinski definition) is 7. The third-order valence-corrected chi connectivity index (χ3v) is 6.80. The first-order chi connectivity index (χ1) is 13.8. The van der Waals surface area contributed by atoms with Gasteiger partial charge >= 0.3 is 5.97 Å². The molecule has 1 aliphatic heterocycles. The number of primary amides is 1. The highest BCUT2D eigenvalue weighted by molar-refractivity contribution is 7.89. The molecule has 29 heavy (non-hydrogen) atoms. The standard InChI is InChI=1S/C18H20ClN3O6S/c1-27-18(24)16(12-4-2-3-5-13(12)19)21-8-10-22(11-9-21)29(25,26)15-7-6-14(28-15)17(20)23/h2-7,16H,8-11H2,1H3,(H2,20,23)/t16-/m0/s1. The summed E-state index contributed by atoms with van der Waals surface area (Å²) in [5.74, 6) is -1.56. The van der Waals surface area contributed by atoms with Gasteiger partial charge in [0.1, 0.15) is 6.04 Å². The van der Waals surface area contributed by atoms with E-state index in [9.17, 15) is 18.0 Å². The minimum Gasteiger partial charge on any atom is -0.468 e. The molecule has 9 nitrogen and oxygen atoms in total. The Morgan fingerprint density at radius 3 is 2.34 bits per heavy atom. The van der Waals surface area contributed by atoms with Crippen molar-refractivity contribution >= 4 is 33.5 Å². The highest BCUT2D eigenvalue weighted by Gasteiger charge is 2.37. The number of nitrogens with zero attached hydrogens (tertiary/aromatic N) is 2. The summed E-state index contributed by atoms with van der Waals surface area (Å²) in [5, 5.41) is 0.0721. The number of hydrogen-bond donors (Lipinski definition) is 1. The second kappa shape index (κ2) is 8.54. The molecule has 0 radical (unpaired) electrons. The Morgan fingerprint density at radius 1 is 1.14 bits per heavy atom. The van der Waals surface area contributed by atoms with E-state index in [0.717, 1.165) is 0 Å². The fraction of sp³-hybridized carbons (Fsp3) is 0.333. The number of amides is 1. The molecular formula is C18H20ClN3O6S. The number of nitrogens with two attached hydrogens (primary N) is 1. The number of carbonyl (C=O) groups excluding carboxylic acids is 2. The van der Waals surface area contributed by atoms with Gasteiger partial charge in [0, 0.05) is 31.2 Å². The molecule has 11 heteroatoms. The smallest absolute Gasteiger partial charge is 0.327 e. The number of ether oxygens (including phenoxy) is 1. The molecule has 0 bridgehead atoms. The molecular weight excluding hydrogens is 422 g/mol. The predicted octanol–water partition coefficient (Wildman–Crippen LogP) is 1.25. The molecule has 1 atom stereocenters. The number of methoxy groups -OCH3 is 1. The van der Waals surface area contributed by atoms with Crippen LogP contribution in [0.15, 0.2) is 45.9 Å². The summed E-state index contributed by atoms with van der Waals surface area (Å²) in [7, 11) is -2.64. The average Bonchev–Trinajstić information content (AvgIpc) is 3.21. The summed E-state index contributed by atoms with van der Waals surface area (Å²) in [6, 6.07) is 8.61. The summed E-state index contributed by atoms with van der Waals surface area (Å²) in [6.07, 6.45) is 0. The first-order valence-corrected chi connectivity index (χ1v) is 10.5. The van der Waals surface area contributed by atoms with Crippen LogP contribution >= 0.6 is 11.6 Å². The number of esters is 1. The number of furan rings is 1. The van der Waals surface area contributed by atoms with E-state index >= 15 is 0 Å². The van der Waals surface area contributed by atoms with Crippen molar-refractivity contribution in [3.63, 3.8) is 0 Å². The molecule has 1 fully saturated rings. The van der Waals surface area contributed by atoms with E-state index in [-0.39, 0.29) is 37.0 Å². The van der Waals surface area contributed by atoms with Crippen molar-refractivity contribution in [1.29, 1.82) is 0 Å². The van der Waals surface area contributed by atoms with Gasteiger partial charge in [0.15, 0.2) is 5.76 Å². The molecule has 0 saturated carbocycles. The van der Waals surface area contributed by atoms with Crippen LogP contribution in [0.5, 0.6) is 0 Å². The highest BCUT2D eigenvalue weighted by atomic mass is 35.5. The Morgan fingerprint density at radius 2 is 1.79 bits per heavy atom. The van der Waals surface area contributed by atoms with Gasteiger partial charge in [0.05, 0.1) is 7.11 Å². The van der Waals surface area contributed by atoms with Gasteiger partial charge in [-0.3, -0.25) is 9.69 Å². The number of piperazine rings is 1. The van der Waals surface area contributed by atoms with E-state index in [0.29, 0.717) is 10.6 Å². The molecule has 0 aliphatic carbocycles. The van der Waals surface area contributed by atoms with Crippen LogP contribution in [0.1, 0.15) is 22.2 Å². The first kappa shape index (κ1) is 21.3. The fourth-order valence-electron chi connectivity index (χ4n) is 3.20. The number of rotatable bonds is 6. The fourth-order valence-corrected chi connectivity index (χ4v) is 4.77. The molecule has 1 amide bonds. The summed E-state index contributed by atoms with van der Waals surface area (Å²) in [5.41, 5.74) is 5.70. The molecule has 2 aromatic rings. The normalized spacial score (nSPS) is 17.0. The van der Waals surface area contributed by atoms with Crippen molar-refractivity contribution in [2.75, 3.05) is 33.3 Å². The van der Waals surface area contributed by atoms with Crippen LogP contribution in [-0.4, -0.2) is 62.8 Å². The zero-order chi connectivity index (χ0) is 21.2. The molecule has 1 aromatic carbocycles. The number of halogens is 1. The van der Waals surface area contributed by atoms with Crippen LogP contribution in [0.3, 0.4) is 0 Å². The maximum atomic E-state index is 12.8. The Balaban J connectivity index is 1.78. The molecule has 1 saturated heterocycles. The molecule has 2 N–H and O–H groups in total. The van der Waals surface area contributed by atoms with Crippen molar-refractivity contribution < 1.29 is 27.2 Å². The second-order valence-corrected chi connectivity index (χ2v) is 8.65. The van der Waals surface area contributed by atoms with Crippen LogP contribution in [0, 0.1) is 0 Å². The van der Waals surface area contributed by atoms with Gasteiger partial charge in [-0.1, -0.05) is 29.8 Å². The molecule has 1 aromatic heterocycles. The van der Waals surface area contributed by atoms with E-state index in [1.807, 2.05) is 4.90 Å². The largest absolute Gasteiger partial charge is 0.468 e. The highest BCUT2D eigenvalue weighted by Crippen LogP contribution is 2.30. The predicted molar refractivity (Wildman–Crippen MR) is 104 cm³/mol. The quantitative estimate of drug-likeness (QED) is 0.669. The zero-order valence-electron chi connectivity index (χ0n) is 15.6. The minimum absolute atomic E-state index is 0.118. The van der Waals surface area contributed by atoms with E-state index in [1.165, 1.54) is 23.5 Å². The van der Waals surface area contributed by atoms with Gasteiger partial charge in [0.2, 0.25) is 5.09 Å². The van der Waals surface area contributed by atoms with Crippen LogP contribution in [-0.2, 0) is 19.6 Å². The van der Waals surface area contributed by atoms with Crippen molar-refractivity contribution in [3.05, 3.63) is 52.7 Å². The lowest BCUT2D eigenvalue weighted by Crippen LogP contribution is -2.51. The van der Waals surface area contributed by atoms with Gasteiger partial charge in [-0.05, 0) is 23.8 Å². The van der Waals surface area contributed by atoms with Crippen LogP contribution in [0.4, 0.5) is 0 Å². The van der Waals surface area contributed by atoms with E-state index in [4.69, 9.17) is 26.5 Å². The van der Waals surface area contributed by atoms with E-state index in [2.05, 4.69) is 0 Å². The third-order valence-electron chi connectivity index (χ3n) is 4.68. The molecule has 0 spiro atoms. The summed E-state index contributed by atoms with van der Waals surface area (Å²) in [4.78, 5) is 25.4. The first-order valence-electron chi connectivity index (χ1n) is 8.72. The Kier molecular flexibility index (Phi) is 6.27. The minimum atomic E-state index is -3.93. The Hall–Kier alpha value is -2.40. The van der Waals surface area contributed by atoms with Crippen molar-refractivity contribution in [2.45, 2.75) is 11.1 Å². The third kappa shape index (κ3) is 4.30. The Labute approximate surface area is 173 Å². The van der Waals surface area contributed by atoms with Gasteiger partial charge in [0.25, 0.3) is 15.9 Å². The van der Waals surface area contributed by atoms with Crippen molar-refractivity contribution in [3.8, 4) is 0 Å². The van der Waals surface area contributed by atoms with Crippen LogP contribution < -0.4 is 5.73 Å². The molecule has 2 heterocycles. The lowest BCUT2D eigenvalue weighted by molar-refractivity contribution is -0.147. The zero-order valence-corrected chi connectivity index (χ0v) is 17.1. The molecule has 156 valence electrons. The van der Waals surface area contributed by atoms with Gasteiger partial charge in [-0.15, -0.1) is 0 Å². The van der Waals surface area contributed by atoms with Gasteiger partial charge in [-0.2, -0.15) is 4.31 Å². The summed E-state index contributed by atoms with van der Waals surface area (Å²) < 4.78 is 36.8. The lowest BCUT2D eigenvalue weighted by Gasteiger charge is -2.37. The summed E-state index contributed by atoms with van der Waals surface area (Å²) in [6.45, 7) is 0.779. The maximum absolute atomic E-state index is 12.8. The van der Waals surface area contributed by atoms with E-state index < -0.39 is 27.9 Å². The van der Waals surface area contributed by atoms with Crippen LogP contribution in [0.25, 0.3) is 0 Å². The second-order valence-electron chi connectivity index (χ2n) is 6.37. The molecule has 0 unspecified atom stereocenters. The summed E-state index contributed by atoms with van der Waals surface area (Å²) >= 11 is 6.26. The SMILES string of the molecule is COC(=O)[C@H](c1ccccc1Cl)N1CCN(S(=O)(=O)c2ccc(C(N)=O)o2)CC1. The lowest BCUT2D eigenvalue weighted by atomic mass is 10.0. The maximum Gasteiger partial charge on any atom is 0.327 e. The number of carbonyl (C=O) groups is 2. The molecule has 1 aliphatic rings. The monoisotopic (exact) mass is 441 g/mol. The van der Waals surface area contributed by atoms with Gasteiger partial charge < -0.3 is 14.9 Å². The topological polar surface area (TPSA) is 123 Å².